The summed E-state index contributed by atoms with van der Waals surface area (Å²) < 4.78 is 5.47. The van der Waals surface area contributed by atoms with Gasteiger partial charge >= 0.3 is 5.97 Å². The lowest BCUT2D eigenvalue weighted by molar-refractivity contribution is -0.151. The van der Waals surface area contributed by atoms with Crippen molar-refractivity contribution in [2.45, 2.75) is 58.5 Å². The third kappa shape index (κ3) is 5.90. The van der Waals surface area contributed by atoms with Gasteiger partial charge in [-0.15, -0.1) is 0 Å². The molecule has 1 heterocycles. The molecule has 28 heavy (non-hydrogen) atoms. The van der Waals surface area contributed by atoms with Gasteiger partial charge in [0.2, 0.25) is 11.9 Å². The van der Waals surface area contributed by atoms with Crippen molar-refractivity contribution in [2.24, 2.45) is 11.8 Å². The predicted molar refractivity (Wildman–Crippen MR) is 109 cm³/mol. The Hall–Kier alpha value is -2.70. The highest BCUT2D eigenvalue weighted by Crippen LogP contribution is 2.32. The number of para-hydroxylation sites is 1. The van der Waals surface area contributed by atoms with E-state index in [1.54, 1.807) is 0 Å². The lowest BCUT2D eigenvalue weighted by atomic mass is 9.80. The molecular formula is C21H29N5O2. The van der Waals surface area contributed by atoms with Crippen molar-refractivity contribution < 1.29 is 9.53 Å². The van der Waals surface area contributed by atoms with Gasteiger partial charge in [-0.3, -0.25) is 4.79 Å². The zero-order chi connectivity index (χ0) is 19.8. The molecule has 3 N–H and O–H groups in total. The van der Waals surface area contributed by atoms with E-state index in [4.69, 9.17) is 10.5 Å². The third-order valence-electron chi connectivity index (χ3n) is 5.22. The first kappa shape index (κ1) is 20.0. The highest BCUT2D eigenvalue weighted by molar-refractivity contribution is 5.72. The number of rotatable bonds is 8. The first-order valence-corrected chi connectivity index (χ1v) is 10.1. The SMILES string of the molecule is CCCCC1CCC(C(=O)OCc2nc(N)nc(Nc3ccccc3)n2)CC1. The summed E-state index contributed by atoms with van der Waals surface area (Å²) in [5.74, 6) is 1.36. The first-order valence-electron chi connectivity index (χ1n) is 10.1. The molecule has 1 saturated carbocycles. The molecule has 0 aliphatic heterocycles. The Kier molecular flexibility index (Phi) is 7.17. The smallest absolute Gasteiger partial charge is 0.309 e. The molecule has 150 valence electrons. The van der Waals surface area contributed by atoms with Crippen molar-refractivity contribution >= 4 is 23.6 Å². The number of unbranched alkanes of at least 4 members (excludes halogenated alkanes) is 1. The van der Waals surface area contributed by atoms with Crippen LogP contribution in [0.15, 0.2) is 30.3 Å². The number of anilines is 3. The minimum atomic E-state index is -0.162. The summed E-state index contributed by atoms with van der Waals surface area (Å²) in [6, 6.07) is 9.54. The normalized spacial score (nSPS) is 19.2. The maximum Gasteiger partial charge on any atom is 0.309 e. The van der Waals surface area contributed by atoms with Gasteiger partial charge < -0.3 is 15.8 Å². The number of nitrogens with two attached hydrogens (primary N) is 1. The zero-order valence-corrected chi connectivity index (χ0v) is 16.4. The van der Waals surface area contributed by atoms with Crippen LogP contribution in [0.2, 0.25) is 0 Å². The molecule has 7 nitrogen and oxygen atoms in total. The van der Waals surface area contributed by atoms with Gasteiger partial charge in [-0.1, -0.05) is 44.4 Å². The summed E-state index contributed by atoms with van der Waals surface area (Å²) in [6.45, 7) is 2.22. The second-order valence-electron chi connectivity index (χ2n) is 7.39. The average Bonchev–Trinajstić information content (AvgIpc) is 2.71. The van der Waals surface area contributed by atoms with E-state index < -0.39 is 0 Å². The van der Waals surface area contributed by atoms with E-state index in [1.807, 2.05) is 30.3 Å². The molecule has 0 saturated heterocycles. The van der Waals surface area contributed by atoms with Crippen LogP contribution in [-0.4, -0.2) is 20.9 Å². The quantitative estimate of drug-likeness (QED) is 0.657. The zero-order valence-electron chi connectivity index (χ0n) is 16.4. The van der Waals surface area contributed by atoms with E-state index in [9.17, 15) is 4.79 Å². The van der Waals surface area contributed by atoms with Gasteiger partial charge in [0.1, 0.15) is 0 Å². The minimum absolute atomic E-state index is 0.00475. The molecule has 1 aromatic heterocycles. The number of aromatic nitrogens is 3. The fourth-order valence-corrected chi connectivity index (χ4v) is 3.64. The fraction of sp³-hybridized carbons (Fsp3) is 0.524. The number of carbonyl (C=O) groups is 1. The number of esters is 1. The Balaban J connectivity index is 1.51. The van der Waals surface area contributed by atoms with Crippen LogP contribution in [0.4, 0.5) is 17.6 Å². The maximum atomic E-state index is 12.4. The van der Waals surface area contributed by atoms with Crippen molar-refractivity contribution in [2.75, 3.05) is 11.1 Å². The number of nitrogen functional groups attached to an aromatic ring is 1. The highest BCUT2D eigenvalue weighted by Gasteiger charge is 2.27. The average molecular weight is 383 g/mol. The number of hydrogen-bond acceptors (Lipinski definition) is 7. The largest absolute Gasteiger partial charge is 0.457 e. The van der Waals surface area contributed by atoms with Crippen molar-refractivity contribution in [3.63, 3.8) is 0 Å². The van der Waals surface area contributed by atoms with E-state index >= 15 is 0 Å². The lowest BCUT2D eigenvalue weighted by Crippen LogP contribution is -2.24. The molecule has 0 unspecified atom stereocenters. The van der Waals surface area contributed by atoms with Crippen LogP contribution in [0.3, 0.4) is 0 Å². The van der Waals surface area contributed by atoms with Gasteiger partial charge in [0.15, 0.2) is 12.4 Å². The molecule has 0 amide bonds. The Bertz CT molecular complexity index is 761. The molecule has 0 bridgehead atoms. The van der Waals surface area contributed by atoms with Gasteiger partial charge in [0, 0.05) is 5.69 Å². The van der Waals surface area contributed by atoms with Crippen LogP contribution in [0.5, 0.6) is 0 Å². The Morgan fingerprint density at radius 3 is 2.61 bits per heavy atom. The summed E-state index contributed by atoms with van der Waals surface area (Å²) in [5.41, 5.74) is 6.62. The Morgan fingerprint density at radius 2 is 1.89 bits per heavy atom. The molecule has 0 radical (unpaired) electrons. The van der Waals surface area contributed by atoms with E-state index in [1.165, 1.54) is 19.3 Å². The fourth-order valence-electron chi connectivity index (χ4n) is 3.64. The van der Waals surface area contributed by atoms with Gasteiger partial charge in [-0.05, 0) is 43.7 Å². The number of benzene rings is 1. The van der Waals surface area contributed by atoms with Crippen LogP contribution in [0, 0.1) is 11.8 Å². The molecule has 0 spiro atoms. The Morgan fingerprint density at radius 1 is 1.14 bits per heavy atom. The molecule has 3 rings (SSSR count). The number of ether oxygens (including phenoxy) is 1. The number of hydrogen-bond donors (Lipinski definition) is 2. The molecule has 1 aliphatic rings. The van der Waals surface area contributed by atoms with Crippen LogP contribution < -0.4 is 11.1 Å². The van der Waals surface area contributed by atoms with Crippen LogP contribution in [-0.2, 0) is 16.1 Å². The third-order valence-corrected chi connectivity index (χ3v) is 5.22. The highest BCUT2D eigenvalue weighted by atomic mass is 16.5. The minimum Gasteiger partial charge on any atom is -0.457 e. The van der Waals surface area contributed by atoms with Crippen LogP contribution >= 0.6 is 0 Å². The topological polar surface area (TPSA) is 103 Å². The van der Waals surface area contributed by atoms with Crippen molar-refractivity contribution in [1.29, 1.82) is 0 Å². The van der Waals surface area contributed by atoms with Gasteiger partial charge in [-0.25, -0.2) is 0 Å². The molecule has 7 heteroatoms. The van der Waals surface area contributed by atoms with Gasteiger partial charge in [0.25, 0.3) is 0 Å². The summed E-state index contributed by atoms with van der Waals surface area (Å²) in [6.07, 6.45) is 7.84. The van der Waals surface area contributed by atoms with Gasteiger partial charge in [-0.2, -0.15) is 15.0 Å². The van der Waals surface area contributed by atoms with Crippen LogP contribution in [0.1, 0.15) is 57.7 Å². The maximum absolute atomic E-state index is 12.4. The number of nitrogens with zero attached hydrogens (tertiary/aromatic N) is 3. The molecule has 1 aliphatic carbocycles. The van der Waals surface area contributed by atoms with E-state index in [0.717, 1.165) is 37.3 Å². The molecule has 1 aromatic carbocycles. The Labute approximate surface area is 166 Å². The lowest BCUT2D eigenvalue weighted by Gasteiger charge is -2.27. The van der Waals surface area contributed by atoms with E-state index in [0.29, 0.717) is 11.8 Å². The van der Waals surface area contributed by atoms with E-state index in [2.05, 4.69) is 27.2 Å². The van der Waals surface area contributed by atoms with Crippen molar-refractivity contribution in [3.8, 4) is 0 Å². The second-order valence-corrected chi connectivity index (χ2v) is 7.39. The van der Waals surface area contributed by atoms with Crippen molar-refractivity contribution in [3.05, 3.63) is 36.2 Å². The summed E-state index contributed by atoms with van der Waals surface area (Å²) >= 11 is 0. The number of carbonyl (C=O) groups excluding carboxylic acids is 1. The summed E-state index contributed by atoms with van der Waals surface area (Å²) in [7, 11) is 0. The monoisotopic (exact) mass is 383 g/mol. The van der Waals surface area contributed by atoms with Crippen LogP contribution in [0.25, 0.3) is 0 Å². The summed E-state index contributed by atoms with van der Waals surface area (Å²) in [5, 5.41) is 3.07. The first-order chi connectivity index (χ1) is 13.6. The van der Waals surface area contributed by atoms with E-state index in [-0.39, 0.29) is 24.4 Å². The standard InChI is InChI=1S/C21H29N5O2/c1-2-3-7-15-10-12-16(13-11-15)19(27)28-14-18-24-20(22)26-21(25-18)23-17-8-5-4-6-9-17/h4-6,8-9,15-16H,2-3,7,10-14H2,1H3,(H3,22,23,24,25,26). The van der Waals surface area contributed by atoms with Gasteiger partial charge in [0.05, 0.1) is 5.92 Å². The van der Waals surface area contributed by atoms with Crippen molar-refractivity contribution in [1.82, 2.24) is 15.0 Å². The molecule has 0 atom stereocenters. The summed E-state index contributed by atoms with van der Waals surface area (Å²) in [4.78, 5) is 24.9. The molecular weight excluding hydrogens is 354 g/mol. The molecule has 2 aromatic rings. The second kappa shape index (κ2) is 10.0. The molecule has 1 fully saturated rings. The number of nitrogens with one attached hydrogen (secondary N) is 1. The predicted octanol–water partition coefficient (Wildman–Crippen LogP) is 4.24.